The number of hydrogen-bond acceptors (Lipinski definition) is 5. The fourth-order valence-electron chi connectivity index (χ4n) is 1.66. The summed E-state index contributed by atoms with van der Waals surface area (Å²) in [6, 6.07) is 8.62. The van der Waals surface area contributed by atoms with Crippen LogP contribution in [0.15, 0.2) is 36.5 Å². The zero-order chi connectivity index (χ0) is 14.5. The number of carbonyl (C=O) groups is 1. The molecule has 0 unspecified atom stereocenters. The number of aryl methyl sites for hydroxylation is 1. The molecule has 2 aromatic rings. The second-order valence-corrected chi connectivity index (χ2v) is 4.18. The van der Waals surface area contributed by atoms with Gasteiger partial charge in [0.05, 0.1) is 24.1 Å². The van der Waals surface area contributed by atoms with Crippen LogP contribution >= 0.6 is 0 Å². The first-order valence-electron chi connectivity index (χ1n) is 6.28. The molecule has 0 bridgehead atoms. The number of esters is 1. The van der Waals surface area contributed by atoms with Gasteiger partial charge in [-0.3, -0.25) is 4.98 Å². The lowest BCUT2D eigenvalue weighted by Crippen LogP contribution is -2.08. The van der Waals surface area contributed by atoms with E-state index in [4.69, 9.17) is 15.2 Å². The molecule has 5 heteroatoms. The van der Waals surface area contributed by atoms with Crippen LogP contribution in [0.1, 0.15) is 23.0 Å². The van der Waals surface area contributed by atoms with Gasteiger partial charge in [-0.25, -0.2) is 4.79 Å². The summed E-state index contributed by atoms with van der Waals surface area (Å²) in [7, 11) is 0. The third-order valence-electron chi connectivity index (χ3n) is 2.67. The van der Waals surface area contributed by atoms with Gasteiger partial charge in [0, 0.05) is 5.69 Å². The number of benzene rings is 1. The van der Waals surface area contributed by atoms with Gasteiger partial charge in [0.25, 0.3) is 0 Å². The molecule has 0 radical (unpaired) electrons. The number of carbonyl (C=O) groups excluding carboxylic acids is 1. The summed E-state index contributed by atoms with van der Waals surface area (Å²) in [5.74, 6) is 0.502. The van der Waals surface area contributed by atoms with Crippen LogP contribution in [0, 0.1) is 6.92 Å². The van der Waals surface area contributed by atoms with Crippen molar-refractivity contribution >= 4 is 11.7 Å². The number of nitrogen functional groups attached to an aromatic ring is 1. The molecule has 0 aliphatic heterocycles. The topological polar surface area (TPSA) is 74.4 Å². The minimum absolute atomic E-state index is 0.256. The summed E-state index contributed by atoms with van der Waals surface area (Å²) < 4.78 is 10.6. The number of hydrogen-bond donors (Lipinski definition) is 1. The molecule has 2 N–H and O–H groups in total. The molecule has 0 saturated carbocycles. The zero-order valence-electron chi connectivity index (χ0n) is 11.4. The van der Waals surface area contributed by atoms with Crippen molar-refractivity contribution in [3.05, 3.63) is 47.8 Å². The number of pyridine rings is 1. The molecule has 0 spiro atoms. The first kappa shape index (κ1) is 13.9. The lowest BCUT2D eigenvalue weighted by Gasteiger charge is -2.11. The second-order valence-electron chi connectivity index (χ2n) is 4.18. The average molecular weight is 272 g/mol. The van der Waals surface area contributed by atoms with E-state index in [0.29, 0.717) is 23.7 Å². The number of rotatable bonds is 4. The third-order valence-corrected chi connectivity index (χ3v) is 2.67. The van der Waals surface area contributed by atoms with Crippen molar-refractivity contribution in [1.29, 1.82) is 0 Å². The van der Waals surface area contributed by atoms with Crippen LogP contribution in [-0.2, 0) is 4.74 Å². The number of nitrogens with two attached hydrogens (primary N) is 1. The molecule has 104 valence electrons. The normalized spacial score (nSPS) is 10.1. The van der Waals surface area contributed by atoms with Gasteiger partial charge in [-0.2, -0.15) is 0 Å². The molecule has 1 aromatic heterocycles. The first-order valence-corrected chi connectivity index (χ1v) is 6.28. The number of anilines is 1. The lowest BCUT2D eigenvalue weighted by atomic mass is 10.1. The molecule has 0 atom stereocenters. The van der Waals surface area contributed by atoms with Gasteiger partial charge in [0.2, 0.25) is 0 Å². The van der Waals surface area contributed by atoms with Crippen molar-refractivity contribution in [2.24, 2.45) is 0 Å². The second kappa shape index (κ2) is 6.06. The van der Waals surface area contributed by atoms with Crippen LogP contribution < -0.4 is 10.5 Å². The van der Waals surface area contributed by atoms with Gasteiger partial charge >= 0.3 is 5.97 Å². The number of aromatic nitrogens is 1. The zero-order valence-corrected chi connectivity index (χ0v) is 11.4. The van der Waals surface area contributed by atoms with Crippen LogP contribution in [0.3, 0.4) is 0 Å². The molecule has 5 nitrogen and oxygen atoms in total. The van der Waals surface area contributed by atoms with E-state index in [0.717, 1.165) is 5.69 Å². The Bertz CT molecular complexity index is 609. The SMILES string of the molecule is CCOC(=O)c1cccc(Oc2ccc(C)nc2)c1N. The van der Waals surface area contributed by atoms with Crippen LogP contribution in [0.2, 0.25) is 0 Å². The van der Waals surface area contributed by atoms with Gasteiger partial charge in [-0.15, -0.1) is 0 Å². The minimum atomic E-state index is -0.461. The molecule has 1 aromatic carbocycles. The monoisotopic (exact) mass is 272 g/mol. The smallest absolute Gasteiger partial charge is 0.340 e. The van der Waals surface area contributed by atoms with Crippen molar-refractivity contribution < 1.29 is 14.3 Å². The maximum absolute atomic E-state index is 11.7. The molecule has 0 fully saturated rings. The standard InChI is InChI=1S/C15H16N2O3/c1-3-19-15(18)12-5-4-6-13(14(12)16)20-11-8-7-10(2)17-9-11/h4-9H,3,16H2,1-2H3. The molecule has 0 amide bonds. The van der Waals surface area contributed by atoms with Crippen molar-refractivity contribution in [3.63, 3.8) is 0 Å². The van der Waals surface area contributed by atoms with E-state index in [1.54, 1.807) is 37.4 Å². The van der Waals surface area contributed by atoms with Crippen LogP contribution in [-0.4, -0.2) is 17.6 Å². The van der Waals surface area contributed by atoms with Gasteiger partial charge in [0.1, 0.15) is 5.75 Å². The Labute approximate surface area is 117 Å². The van der Waals surface area contributed by atoms with Gasteiger partial charge < -0.3 is 15.2 Å². The van der Waals surface area contributed by atoms with Crippen molar-refractivity contribution in [2.45, 2.75) is 13.8 Å². The highest BCUT2D eigenvalue weighted by molar-refractivity contribution is 5.96. The number of nitrogens with zero attached hydrogens (tertiary/aromatic N) is 1. The maximum atomic E-state index is 11.7. The van der Waals surface area contributed by atoms with Crippen molar-refractivity contribution in [2.75, 3.05) is 12.3 Å². The lowest BCUT2D eigenvalue weighted by molar-refractivity contribution is 0.0527. The van der Waals surface area contributed by atoms with Gasteiger partial charge in [-0.1, -0.05) is 6.07 Å². The predicted octanol–water partition coefficient (Wildman–Crippen LogP) is 2.94. The van der Waals surface area contributed by atoms with Crippen LogP contribution in [0.25, 0.3) is 0 Å². The molecule has 20 heavy (non-hydrogen) atoms. The Kier molecular flexibility index (Phi) is 4.20. The van der Waals surface area contributed by atoms with E-state index in [-0.39, 0.29) is 5.69 Å². The molecular formula is C15H16N2O3. The van der Waals surface area contributed by atoms with E-state index in [2.05, 4.69) is 4.98 Å². The number of para-hydroxylation sites is 1. The molecule has 2 rings (SSSR count). The van der Waals surface area contributed by atoms with Crippen molar-refractivity contribution in [1.82, 2.24) is 4.98 Å². The summed E-state index contributed by atoms with van der Waals surface area (Å²) in [6.07, 6.45) is 1.60. The van der Waals surface area contributed by atoms with E-state index in [1.165, 1.54) is 0 Å². The summed E-state index contributed by atoms with van der Waals surface area (Å²) in [5, 5.41) is 0. The Morgan fingerprint density at radius 3 is 2.75 bits per heavy atom. The minimum Gasteiger partial charge on any atom is -0.462 e. The highest BCUT2D eigenvalue weighted by Crippen LogP contribution is 2.30. The molecule has 0 aliphatic carbocycles. The van der Waals surface area contributed by atoms with Crippen LogP contribution in [0.5, 0.6) is 11.5 Å². The Morgan fingerprint density at radius 2 is 2.10 bits per heavy atom. The summed E-state index contributed by atoms with van der Waals surface area (Å²) >= 11 is 0. The summed E-state index contributed by atoms with van der Waals surface area (Å²) in [4.78, 5) is 15.9. The number of ether oxygens (including phenoxy) is 2. The van der Waals surface area contributed by atoms with Crippen molar-refractivity contribution in [3.8, 4) is 11.5 Å². The molecule has 1 heterocycles. The molecule has 0 saturated heterocycles. The molecular weight excluding hydrogens is 256 g/mol. The van der Waals surface area contributed by atoms with Gasteiger partial charge in [-0.05, 0) is 38.1 Å². The van der Waals surface area contributed by atoms with E-state index < -0.39 is 5.97 Å². The highest BCUT2D eigenvalue weighted by atomic mass is 16.5. The third kappa shape index (κ3) is 3.06. The highest BCUT2D eigenvalue weighted by Gasteiger charge is 2.14. The van der Waals surface area contributed by atoms with E-state index in [9.17, 15) is 4.79 Å². The Balaban J connectivity index is 2.26. The predicted molar refractivity (Wildman–Crippen MR) is 75.9 cm³/mol. The summed E-state index contributed by atoms with van der Waals surface area (Å²) in [5.41, 5.74) is 7.39. The Hall–Kier alpha value is -2.56. The maximum Gasteiger partial charge on any atom is 0.340 e. The largest absolute Gasteiger partial charge is 0.462 e. The fraction of sp³-hybridized carbons (Fsp3) is 0.200. The van der Waals surface area contributed by atoms with Crippen LogP contribution in [0.4, 0.5) is 5.69 Å². The van der Waals surface area contributed by atoms with E-state index >= 15 is 0 Å². The first-order chi connectivity index (χ1) is 9.61. The molecule has 0 aliphatic rings. The average Bonchev–Trinajstić information content (AvgIpc) is 2.44. The summed E-state index contributed by atoms with van der Waals surface area (Å²) in [6.45, 7) is 3.93. The fourth-order valence-corrected chi connectivity index (χ4v) is 1.66. The quantitative estimate of drug-likeness (QED) is 0.684. The van der Waals surface area contributed by atoms with E-state index in [1.807, 2.05) is 13.0 Å². The Morgan fingerprint density at radius 1 is 1.30 bits per heavy atom. The van der Waals surface area contributed by atoms with Gasteiger partial charge in [0.15, 0.2) is 5.75 Å².